The van der Waals surface area contributed by atoms with Gasteiger partial charge in [-0.2, -0.15) is 0 Å². The van der Waals surface area contributed by atoms with Crippen LogP contribution < -0.4 is 5.32 Å². The molecule has 3 heterocycles. The van der Waals surface area contributed by atoms with Gasteiger partial charge in [-0.25, -0.2) is 0 Å². The molecule has 4 rings (SSSR count). The van der Waals surface area contributed by atoms with Gasteiger partial charge in [-0.05, 0) is 32.0 Å². The van der Waals surface area contributed by atoms with Crippen LogP contribution in [0.15, 0.2) is 53.1 Å². The van der Waals surface area contributed by atoms with E-state index < -0.39 is 0 Å². The normalized spacial score (nSPS) is 12.9. The highest BCUT2D eigenvalue weighted by molar-refractivity contribution is 5.82. The second kappa shape index (κ2) is 6.09. The lowest BCUT2D eigenvalue weighted by Crippen LogP contribution is -2.22. The van der Waals surface area contributed by atoms with Gasteiger partial charge in [0.15, 0.2) is 5.65 Å². The largest absolute Gasteiger partial charge is 0.461 e. The molecule has 24 heavy (non-hydrogen) atoms. The molecule has 0 aliphatic heterocycles. The number of hydrogen-bond acceptors (Lipinski definition) is 4. The zero-order chi connectivity index (χ0) is 16.5. The first-order chi connectivity index (χ1) is 11.7. The number of rotatable bonds is 5. The highest BCUT2D eigenvalue weighted by atomic mass is 16.3. The summed E-state index contributed by atoms with van der Waals surface area (Å²) in [6.45, 7) is 5.03. The molecule has 0 amide bonds. The van der Waals surface area contributed by atoms with Crippen molar-refractivity contribution in [1.82, 2.24) is 19.9 Å². The molecule has 0 saturated heterocycles. The van der Waals surface area contributed by atoms with Crippen molar-refractivity contribution < 1.29 is 4.42 Å². The van der Waals surface area contributed by atoms with Gasteiger partial charge in [-0.3, -0.25) is 4.40 Å². The summed E-state index contributed by atoms with van der Waals surface area (Å²) < 4.78 is 7.90. The molecular formula is C19H20N4O. The molecule has 0 aliphatic rings. The predicted octanol–water partition coefficient (Wildman–Crippen LogP) is 3.68. The third-order valence-corrected chi connectivity index (χ3v) is 4.44. The molecule has 0 bridgehead atoms. The molecule has 4 aromatic rings. The van der Waals surface area contributed by atoms with Crippen molar-refractivity contribution in [3.05, 3.63) is 65.8 Å². The summed E-state index contributed by atoms with van der Waals surface area (Å²) in [5.41, 5.74) is 3.07. The van der Waals surface area contributed by atoms with Crippen LogP contribution in [0.4, 0.5) is 0 Å². The molecule has 0 aliphatic carbocycles. The second-order valence-corrected chi connectivity index (χ2v) is 6.04. The van der Waals surface area contributed by atoms with Gasteiger partial charge in [0.2, 0.25) is 0 Å². The van der Waals surface area contributed by atoms with Gasteiger partial charge >= 0.3 is 0 Å². The Morgan fingerprint density at radius 1 is 1.12 bits per heavy atom. The Balaban J connectivity index is 1.48. The first-order valence-corrected chi connectivity index (χ1v) is 8.24. The van der Waals surface area contributed by atoms with Crippen molar-refractivity contribution in [2.75, 3.05) is 6.54 Å². The first-order valence-electron chi connectivity index (χ1n) is 8.24. The number of para-hydroxylation sites is 1. The van der Waals surface area contributed by atoms with E-state index in [0.29, 0.717) is 0 Å². The van der Waals surface area contributed by atoms with Crippen molar-refractivity contribution >= 4 is 16.6 Å². The van der Waals surface area contributed by atoms with Crippen LogP contribution in [0, 0.1) is 6.92 Å². The van der Waals surface area contributed by atoms with E-state index in [1.165, 1.54) is 10.9 Å². The average Bonchev–Trinajstić information content (AvgIpc) is 3.15. The fourth-order valence-corrected chi connectivity index (χ4v) is 3.29. The predicted molar refractivity (Wildman–Crippen MR) is 94.1 cm³/mol. The minimum Gasteiger partial charge on any atom is -0.461 e. The Morgan fingerprint density at radius 2 is 1.96 bits per heavy atom. The van der Waals surface area contributed by atoms with Crippen LogP contribution in [0.25, 0.3) is 16.6 Å². The molecule has 0 saturated carbocycles. The minimum atomic E-state index is 0.216. The fourth-order valence-electron chi connectivity index (χ4n) is 3.29. The fraction of sp³-hybridized carbons (Fsp3) is 0.263. The van der Waals surface area contributed by atoms with Crippen molar-refractivity contribution in [3.63, 3.8) is 0 Å². The van der Waals surface area contributed by atoms with Crippen molar-refractivity contribution in [2.45, 2.75) is 26.3 Å². The number of nitrogens with one attached hydrogen (secondary N) is 1. The van der Waals surface area contributed by atoms with Crippen molar-refractivity contribution in [2.24, 2.45) is 0 Å². The molecule has 3 aromatic heterocycles. The van der Waals surface area contributed by atoms with Gasteiger partial charge in [0.25, 0.3) is 0 Å². The monoisotopic (exact) mass is 320 g/mol. The van der Waals surface area contributed by atoms with E-state index in [1.807, 2.05) is 47.9 Å². The lowest BCUT2D eigenvalue weighted by Gasteiger charge is -2.13. The molecule has 122 valence electrons. The zero-order valence-electron chi connectivity index (χ0n) is 13.9. The van der Waals surface area contributed by atoms with E-state index in [9.17, 15) is 0 Å². The number of fused-ring (bicyclic) bond motifs is 2. The Kier molecular flexibility index (Phi) is 3.78. The smallest absolute Gasteiger partial charge is 0.160 e. The molecule has 0 spiro atoms. The van der Waals surface area contributed by atoms with Crippen LogP contribution in [0.1, 0.15) is 30.1 Å². The molecule has 1 aromatic carbocycles. The maximum atomic E-state index is 5.86. The van der Waals surface area contributed by atoms with Gasteiger partial charge in [0.1, 0.15) is 17.2 Å². The van der Waals surface area contributed by atoms with Crippen LogP contribution in [-0.4, -0.2) is 21.1 Å². The quantitative estimate of drug-likeness (QED) is 0.609. The van der Waals surface area contributed by atoms with E-state index in [2.05, 4.69) is 34.6 Å². The summed E-state index contributed by atoms with van der Waals surface area (Å²) in [4.78, 5) is 0. The number of pyridine rings is 1. The Bertz CT molecular complexity index is 985. The maximum absolute atomic E-state index is 5.86. The molecule has 1 unspecified atom stereocenters. The molecule has 5 heteroatoms. The number of hydrogen-bond donors (Lipinski definition) is 1. The number of aromatic nitrogens is 3. The maximum Gasteiger partial charge on any atom is 0.160 e. The first kappa shape index (κ1) is 14.9. The topological polar surface area (TPSA) is 55.4 Å². The minimum absolute atomic E-state index is 0.216. The van der Waals surface area contributed by atoms with Gasteiger partial charge < -0.3 is 9.73 Å². The van der Waals surface area contributed by atoms with Crippen LogP contribution in [0.2, 0.25) is 0 Å². The van der Waals surface area contributed by atoms with Gasteiger partial charge in [-0.15, -0.1) is 10.2 Å². The van der Waals surface area contributed by atoms with E-state index in [0.717, 1.165) is 35.8 Å². The number of aryl methyl sites for hydroxylation is 1. The molecule has 0 radical (unpaired) electrons. The molecular weight excluding hydrogens is 300 g/mol. The molecule has 5 nitrogen and oxygen atoms in total. The van der Waals surface area contributed by atoms with Crippen LogP contribution >= 0.6 is 0 Å². The van der Waals surface area contributed by atoms with E-state index >= 15 is 0 Å². The highest BCUT2D eigenvalue weighted by Gasteiger charge is 2.16. The summed E-state index contributed by atoms with van der Waals surface area (Å²) in [7, 11) is 0. The summed E-state index contributed by atoms with van der Waals surface area (Å²) in [6.07, 6.45) is 2.83. The number of furan rings is 1. The van der Waals surface area contributed by atoms with Gasteiger partial charge in [-0.1, -0.05) is 24.3 Å². The molecule has 1 atom stereocenters. The standard InChI is InChI=1S/C19H20N4O/c1-13(19-14(2)24-16-8-4-3-7-15(16)19)20-11-10-18-22-21-17-9-5-6-12-23(17)18/h3-9,12-13,20H,10-11H2,1-2H3. The van der Waals surface area contributed by atoms with Gasteiger partial charge in [0.05, 0.1) is 0 Å². The van der Waals surface area contributed by atoms with E-state index in [1.54, 1.807) is 0 Å². The molecule has 1 N–H and O–H groups in total. The van der Waals surface area contributed by atoms with Crippen molar-refractivity contribution in [3.8, 4) is 0 Å². The Morgan fingerprint density at radius 3 is 2.88 bits per heavy atom. The third-order valence-electron chi connectivity index (χ3n) is 4.44. The second-order valence-electron chi connectivity index (χ2n) is 6.04. The van der Waals surface area contributed by atoms with Gasteiger partial charge in [0, 0.05) is 36.2 Å². The lowest BCUT2D eigenvalue weighted by molar-refractivity contribution is 0.532. The average molecular weight is 320 g/mol. The van der Waals surface area contributed by atoms with Crippen molar-refractivity contribution in [1.29, 1.82) is 0 Å². The summed E-state index contributed by atoms with van der Waals surface area (Å²) in [5, 5.41) is 13.2. The molecule has 0 fully saturated rings. The summed E-state index contributed by atoms with van der Waals surface area (Å²) in [5.74, 6) is 1.95. The zero-order valence-corrected chi connectivity index (χ0v) is 13.9. The van der Waals surface area contributed by atoms with Crippen LogP contribution in [0.5, 0.6) is 0 Å². The van der Waals surface area contributed by atoms with E-state index in [4.69, 9.17) is 4.42 Å². The third kappa shape index (κ3) is 2.57. The Hall–Kier alpha value is -2.66. The summed E-state index contributed by atoms with van der Waals surface area (Å²) >= 11 is 0. The number of nitrogens with zero attached hydrogens (tertiary/aromatic N) is 3. The lowest BCUT2D eigenvalue weighted by atomic mass is 10.0. The SMILES string of the molecule is Cc1oc2ccccc2c1C(C)NCCc1nnc2ccccn12. The Labute approximate surface area is 140 Å². The van der Waals surface area contributed by atoms with Crippen LogP contribution in [-0.2, 0) is 6.42 Å². The number of benzene rings is 1. The van der Waals surface area contributed by atoms with E-state index in [-0.39, 0.29) is 6.04 Å². The van der Waals surface area contributed by atoms with Crippen LogP contribution in [0.3, 0.4) is 0 Å². The highest BCUT2D eigenvalue weighted by Crippen LogP contribution is 2.30. The summed E-state index contributed by atoms with van der Waals surface area (Å²) in [6, 6.07) is 14.3.